The van der Waals surface area contributed by atoms with Crippen molar-refractivity contribution < 1.29 is 4.42 Å². The molecule has 0 bridgehead atoms. The van der Waals surface area contributed by atoms with Gasteiger partial charge in [-0.15, -0.1) is 0 Å². The molecule has 0 atom stereocenters. The van der Waals surface area contributed by atoms with Crippen LogP contribution in [-0.2, 0) is 0 Å². The molecule has 0 unspecified atom stereocenters. The lowest BCUT2D eigenvalue weighted by Gasteiger charge is -2.26. The van der Waals surface area contributed by atoms with Crippen molar-refractivity contribution in [2.24, 2.45) is 0 Å². The Bertz CT molecular complexity index is 2830. The highest BCUT2D eigenvalue weighted by atomic mass is 16.3. The molecular weight excluding hydrogens is 679 g/mol. The normalized spacial score (nSPS) is 11.2. The molecule has 9 aromatic carbocycles. The fourth-order valence-corrected chi connectivity index (χ4v) is 7.95. The fourth-order valence-electron chi connectivity index (χ4n) is 7.95. The molecule has 10 aromatic rings. The van der Waals surface area contributed by atoms with Crippen LogP contribution in [0.25, 0.3) is 77.6 Å². The molecule has 0 saturated carbocycles. The van der Waals surface area contributed by atoms with E-state index in [4.69, 9.17) is 4.42 Å². The molecular formula is C54H37NO. The van der Waals surface area contributed by atoms with Crippen LogP contribution in [0.4, 0.5) is 17.1 Å². The molecule has 0 amide bonds. The third kappa shape index (κ3) is 6.24. The summed E-state index contributed by atoms with van der Waals surface area (Å²) in [5.74, 6) is 0. The third-order valence-corrected chi connectivity index (χ3v) is 10.7. The molecule has 2 nitrogen and oxygen atoms in total. The smallest absolute Gasteiger partial charge is 0.136 e. The largest absolute Gasteiger partial charge is 0.456 e. The zero-order valence-electron chi connectivity index (χ0n) is 30.7. The Morgan fingerprint density at radius 1 is 0.250 bits per heavy atom. The molecule has 2 heteroatoms. The van der Waals surface area contributed by atoms with Crippen LogP contribution in [0.1, 0.15) is 0 Å². The Labute approximate surface area is 327 Å². The first-order valence-corrected chi connectivity index (χ1v) is 19.1. The average molecular weight is 716 g/mol. The summed E-state index contributed by atoms with van der Waals surface area (Å²) < 4.78 is 6.45. The lowest BCUT2D eigenvalue weighted by Crippen LogP contribution is -2.09. The van der Waals surface area contributed by atoms with Gasteiger partial charge in [-0.05, 0) is 110 Å². The molecule has 264 valence electrons. The second kappa shape index (κ2) is 14.4. The highest BCUT2D eigenvalue weighted by molar-refractivity contribution is 6.18. The van der Waals surface area contributed by atoms with Crippen LogP contribution in [-0.4, -0.2) is 0 Å². The summed E-state index contributed by atoms with van der Waals surface area (Å²) in [4.78, 5) is 2.33. The van der Waals surface area contributed by atoms with Gasteiger partial charge in [-0.2, -0.15) is 0 Å². The van der Waals surface area contributed by atoms with E-state index in [2.05, 4.69) is 229 Å². The number of nitrogens with zero attached hydrogens (tertiary/aromatic N) is 1. The van der Waals surface area contributed by atoms with Gasteiger partial charge in [0.05, 0.1) is 0 Å². The van der Waals surface area contributed by atoms with E-state index in [1.54, 1.807) is 0 Å². The van der Waals surface area contributed by atoms with E-state index in [1.807, 2.05) is 0 Å². The molecule has 0 N–H and O–H groups in total. The van der Waals surface area contributed by atoms with Gasteiger partial charge < -0.3 is 9.32 Å². The highest BCUT2D eigenvalue weighted by Gasteiger charge is 2.18. The number of furan rings is 1. The van der Waals surface area contributed by atoms with Crippen molar-refractivity contribution in [2.45, 2.75) is 0 Å². The Kier molecular flexibility index (Phi) is 8.55. The summed E-state index contributed by atoms with van der Waals surface area (Å²) in [5.41, 5.74) is 16.9. The van der Waals surface area contributed by atoms with Gasteiger partial charge in [-0.3, -0.25) is 0 Å². The van der Waals surface area contributed by atoms with Gasteiger partial charge in [-0.25, -0.2) is 0 Å². The van der Waals surface area contributed by atoms with Gasteiger partial charge in [0.2, 0.25) is 0 Å². The first-order valence-electron chi connectivity index (χ1n) is 19.1. The van der Waals surface area contributed by atoms with Crippen LogP contribution in [0.15, 0.2) is 229 Å². The van der Waals surface area contributed by atoms with Gasteiger partial charge >= 0.3 is 0 Å². The molecule has 0 aliphatic heterocycles. The van der Waals surface area contributed by atoms with Crippen LogP contribution in [0.3, 0.4) is 0 Å². The minimum Gasteiger partial charge on any atom is -0.456 e. The minimum absolute atomic E-state index is 0.893. The van der Waals surface area contributed by atoms with Gasteiger partial charge in [0.25, 0.3) is 0 Å². The molecule has 0 aliphatic carbocycles. The van der Waals surface area contributed by atoms with Crippen LogP contribution in [0, 0.1) is 0 Å². The molecule has 10 rings (SSSR count). The molecule has 0 saturated heterocycles. The molecule has 1 heterocycles. The van der Waals surface area contributed by atoms with E-state index in [0.717, 1.165) is 61.3 Å². The fraction of sp³-hybridized carbons (Fsp3) is 0. The zero-order chi connectivity index (χ0) is 37.3. The topological polar surface area (TPSA) is 16.4 Å². The minimum atomic E-state index is 0.893. The van der Waals surface area contributed by atoms with E-state index in [-0.39, 0.29) is 0 Å². The van der Waals surface area contributed by atoms with Crippen LogP contribution >= 0.6 is 0 Å². The van der Waals surface area contributed by atoms with Crippen molar-refractivity contribution >= 4 is 39.0 Å². The van der Waals surface area contributed by atoms with Gasteiger partial charge in [0.15, 0.2) is 0 Å². The standard InChI is InChI=1S/C54H37NO/c1-4-13-38(14-5-1)40-25-31-46(32-26-40)55(47-33-27-41(28-34-47)39-15-6-2-7-16-39)48-35-29-42(30-36-48)44-19-10-20-45(37-44)50-22-12-24-52-54(50)53-49(21-11-23-51(53)56-52)43-17-8-3-9-18-43/h1-37H. The predicted octanol–water partition coefficient (Wildman–Crippen LogP) is 15.4. The predicted molar refractivity (Wildman–Crippen MR) is 236 cm³/mol. The van der Waals surface area contributed by atoms with E-state index in [9.17, 15) is 0 Å². The SMILES string of the molecule is c1ccc(-c2ccc(N(c3ccc(-c4ccccc4)cc3)c3ccc(-c4cccc(-c5cccc6oc7cccc(-c8ccccc8)c7c56)c4)cc3)cc2)cc1. The molecule has 0 spiro atoms. The molecule has 0 fully saturated rings. The lowest BCUT2D eigenvalue weighted by atomic mass is 9.93. The Balaban J connectivity index is 1.02. The zero-order valence-corrected chi connectivity index (χ0v) is 30.7. The summed E-state index contributed by atoms with van der Waals surface area (Å²) in [7, 11) is 0. The number of benzene rings is 9. The molecule has 56 heavy (non-hydrogen) atoms. The Morgan fingerprint density at radius 3 is 1.05 bits per heavy atom. The third-order valence-electron chi connectivity index (χ3n) is 10.7. The van der Waals surface area contributed by atoms with E-state index in [0.29, 0.717) is 0 Å². The van der Waals surface area contributed by atoms with Crippen LogP contribution in [0.5, 0.6) is 0 Å². The Morgan fingerprint density at radius 2 is 0.589 bits per heavy atom. The highest BCUT2D eigenvalue weighted by Crippen LogP contribution is 2.43. The summed E-state index contributed by atoms with van der Waals surface area (Å²) in [6.45, 7) is 0. The van der Waals surface area contributed by atoms with Crippen LogP contribution < -0.4 is 4.90 Å². The number of fused-ring (bicyclic) bond motifs is 3. The first kappa shape index (κ1) is 33.2. The van der Waals surface area contributed by atoms with Crippen molar-refractivity contribution in [1.29, 1.82) is 0 Å². The van der Waals surface area contributed by atoms with Crippen molar-refractivity contribution in [3.8, 4) is 55.6 Å². The summed E-state index contributed by atoms with van der Waals surface area (Å²) in [5, 5.41) is 2.29. The number of anilines is 3. The summed E-state index contributed by atoms with van der Waals surface area (Å²) in [6.07, 6.45) is 0. The number of rotatable bonds is 8. The van der Waals surface area contributed by atoms with Crippen molar-refractivity contribution in [2.75, 3.05) is 4.90 Å². The van der Waals surface area contributed by atoms with Gasteiger partial charge in [-0.1, -0.05) is 170 Å². The van der Waals surface area contributed by atoms with Crippen LogP contribution in [0.2, 0.25) is 0 Å². The average Bonchev–Trinajstić information content (AvgIpc) is 3.68. The Hall–Kier alpha value is -7.42. The number of hydrogen-bond acceptors (Lipinski definition) is 2. The summed E-state index contributed by atoms with van der Waals surface area (Å²) >= 11 is 0. The van der Waals surface area contributed by atoms with Gasteiger partial charge in [0, 0.05) is 27.8 Å². The second-order valence-corrected chi connectivity index (χ2v) is 14.1. The second-order valence-electron chi connectivity index (χ2n) is 14.1. The summed E-state index contributed by atoms with van der Waals surface area (Å²) in [6, 6.07) is 79.9. The maximum absolute atomic E-state index is 6.45. The molecule has 0 aliphatic rings. The lowest BCUT2D eigenvalue weighted by molar-refractivity contribution is 0.669. The molecule has 0 radical (unpaired) electrons. The maximum Gasteiger partial charge on any atom is 0.136 e. The number of hydrogen-bond donors (Lipinski definition) is 0. The first-order chi connectivity index (χ1) is 27.8. The van der Waals surface area contributed by atoms with E-state index < -0.39 is 0 Å². The molecule has 1 aromatic heterocycles. The van der Waals surface area contributed by atoms with E-state index in [1.165, 1.54) is 33.4 Å². The van der Waals surface area contributed by atoms with Crippen molar-refractivity contribution in [1.82, 2.24) is 0 Å². The van der Waals surface area contributed by atoms with Crippen molar-refractivity contribution in [3.63, 3.8) is 0 Å². The quantitative estimate of drug-likeness (QED) is 0.156. The van der Waals surface area contributed by atoms with E-state index >= 15 is 0 Å². The van der Waals surface area contributed by atoms with Crippen molar-refractivity contribution in [3.05, 3.63) is 224 Å². The maximum atomic E-state index is 6.45. The monoisotopic (exact) mass is 715 g/mol. The van der Waals surface area contributed by atoms with Gasteiger partial charge in [0.1, 0.15) is 11.2 Å².